The first-order valence-corrected chi connectivity index (χ1v) is 11.0. The van der Waals surface area contributed by atoms with Gasteiger partial charge in [0.15, 0.2) is 29.8 Å². The summed E-state index contributed by atoms with van der Waals surface area (Å²) >= 11 is 0. The summed E-state index contributed by atoms with van der Waals surface area (Å²) < 4.78 is 39.6. The molecule has 142 valence electrons. The highest BCUT2D eigenvalue weighted by Gasteiger charge is 2.32. The number of hydrogen-bond acceptors (Lipinski definition) is 7. The first kappa shape index (κ1) is 18.9. The zero-order valence-electron chi connectivity index (χ0n) is 15.0. The Labute approximate surface area is 151 Å². The third-order valence-corrected chi connectivity index (χ3v) is 6.43. The van der Waals surface area contributed by atoms with Gasteiger partial charge in [0.2, 0.25) is 0 Å². The van der Waals surface area contributed by atoms with E-state index in [1.165, 1.54) is 23.3 Å². The van der Waals surface area contributed by atoms with Crippen LogP contribution in [0.1, 0.15) is 26.5 Å². The lowest BCUT2D eigenvalue weighted by molar-refractivity contribution is -0.128. The van der Waals surface area contributed by atoms with Crippen LogP contribution in [0.2, 0.25) is 0 Å². The van der Waals surface area contributed by atoms with E-state index in [2.05, 4.69) is 28.8 Å². The molecule has 1 aliphatic heterocycles. The van der Waals surface area contributed by atoms with Crippen LogP contribution < -0.4 is 5.73 Å². The Hall–Kier alpha value is -1.83. The van der Waals surface area contributed by atoms with Crippen LogP contribution in [-0.2, 0) is 14.0 Å². The smallest absolute Gasteiger partial charge is 0.192 e. The standard InChI is InChI=1S/C16H23FN5O3P/c1-4-10(2)6-26(3,23)9-24-12-5-11(17)16(25-12)22-8-21-13-14(18)19-7-20-15(13)22/h5,7-8,10,12,16H,4,6,9H2,1-3H3,(H2,18,19,20)/t10-,12?,16+,26-/m0/s1. The minimum absolute atomic E-state index is 0.0400. The van der Waals surface area contributed by atoms with Gasteiger partial charge in [-0.3, -0.25) is 4.57 Å². The normalized spacial score (nSPS) is 23.8. The molecular weight excluding hydrogens is 360 g/mol. The summed E-state index contributed by atoms with van der Waals surface area (Å²) in [7, 11) is -2.47. The number of imidazole rings is 1. The SMILES string of the molecule is CC[C@H](C)C[P@](C)(=O)COC1C=C(F)[C@H](n2cnc3c(N)ncnc32)O1. The predicted octanol–water partition coefficient (Wildman–Crippen LogP) is 3.13. The van der Waals surface area contributed by atoms with Crippen LogP contribution in [0.25, 0.3) is 11.2 Å². The van der Waals surface area contributed by atoms with Gasteiger partial charge in [-0.05, 0) is 12.6 Å². The Morgan fingerprint density at radius 1 is 1.46 bits per heavy atom. The minimum Gasteiger partial charge on any atom is -0.382 e. The fraction of sp³-hybridized carbons (Fsp3) is 0.562. The van der Waals surface area contributed by atoms with Gasteiger partial charge in [0.05, 0.1) is 6.33 Å². The Kier molecular flexibility index (Phi) is 5.41. The van der Waals surface area contributed by atoms with Gasteiger partial charge in [0.25, 0.3) is 0 Å². The fourth-order valence-corrected chi connectivity index (χ4v) is 4.99. The van der Waals surface area contributed by atoms with Crippen molar-refractivity contribution in [3.8, 4) is 0 Å². The molecule has 3 heterocycles. The first-order valence-electron chi connectivity index (χ1n) is 8.43. The van der Waals surface area contributed by atoms with Crippen molar-refractivity contribution in [2.75, 3.05) is 24.9 Å². The molecule has 26 heavy (non-hydrogen) atoms. The molecule has 0 aliphatic carbocycles. The van der Waals surface area contributed by atoms with Crippen LogP contribution >= 0.6 is 7.14 Å². The number of anilines is 1. The molecule has 0 saturated carbocycles. The van der Waals surface area contributed by atoms with E-state index in [0.717, 1.165) is 6.42 Å². The summed E-state index contributed by atoms with van der Waals surface area (Å²) in [6.45, 7) is 5.81. The molecule has 2 aromatic rings. The highest BCUT2D eigenvalue weighted by atomic mass is 31.2. The van der Waals surface area contributed by atoms with E-state index in [-0.39, 0.29) is 12.2 Å². The molecule has 2 N–H and O–H groups in total. The Bertz CT molecular complexity index is 871. The number of fused-ring (bicyclic) bond motifs is 1. The van der Waals surface area contributed by atoms with Gasteiger partial charge in [-0.2, -0.15) is 0 Å². The van der Waals surface area contributed by atoms with Crippen molar-refractivity contribution in [3.05, 3.63) is 24.6 Å². The maximum absolute atomic E-state index is 14.4. The molecule has 0 bridgehead atoms. The van der Waals surface area contributed by atoms with E-state index in [9.17, 15) is 8.96 Å². The van der Waals surface area contributed by atoms with Crippen LogP contribution in [0.4, 0.5) is 10.2 Å². The monoisotopic (exact) mass is 383 g/mol. The van der Waals surface area contributed by atoms with Crippen molar-refractivity contribution in [3.63, 3.8) is 0 Å². The summed E-state index contributed by atoms with van der Waals surface area (Å²) in [5.41, 5.74) is 6.49. The first-order chi connectivity index (χ1) is 12.3. The lowest BCUT2D eigenvalue weighted by Gasteiger charge is -2.20. The second kappa shape index (κ2) is 7.42. The van der Waals surface area contributed by atoms with Gasteiger partial charge in [0, 0.05) is 12.2 Å². The zero-order valence-corrected chi connectivity index (χ0v) is 15.9. The molecule has 0 spiro atoms. The number of nitrogens with two attached hydrogens (primary N) is 1. The van der Waals surface area contributed by atoms with Gasteiger partial charge >= 0.3 is 0 Å². The number of halogens is 1. The molecule has 0 radical (unpaired) electrons. The molecule has 0 fully saturated rings. The van der Waals surface area contributed by atoms with Gasteiger partial charge in [-0.15, -0.1) is 0 Å². The third kappa shape index (κ3) is 3.95. The van der Waals surface area contributed by atoms with Crippen LogP contribution in [-0.4, -0.2) is 45.0 Å². The lowest BCUT2D eigenvalue weighted by atomic mass is 10.2. The van der Waals surface area contributed by atoms with E-state index in [1.54, 1.807) is 6.66 Å². The molecule has 10 heteroatoms. The molecule has 0 amide bonds. The highest BCUT2D eigenvalue weighted by Crippen LogP contribution is 2.44. The molecule has 2 aromatic heterocycles. The van der Waals surface area contributed by atoms with Gasteiger partial charge < -0.3 is 19.8 Å². The predicted molar refractivity (Wildman–Crippen MR) is 96.6 cm³/mol. The molecule has 1 unspecified atom stereocenters. The Balaban J connectivity index is 1.68. The van der Waals surface area contributed by atoms with Crippen LogP contribution in [0, 0.1) is 5.92 Å². The van der Waals surface area contributed by atoms with E-state index >= 15 is 0 Å². The van der Waals surface area contributed by atoms with E-state index in [4.69, 9.17) is 15.2 Å². The van der Waals surface area contributed by atoms with E-state index < -0.39 is 25.5 Å². The molecular formula is C16H23FN5O3P. The molecule has 0 saturated heterocycles. The molecule has 3 rings (SSSR count). The number of hydrogen-bond donors (Lipinski definition) is 1. The van der Waals surface area contributed by atoms with Gasteiger partial charge in [0.1, 0.15) is 25.3 Å². The molecule has 1 aliphatic rings. The number of nitrogens with zero attached hydrogens (tertiary/aromatic N) is 4. The van der Waals surface area contributed by atoms with Crippen molar-refractivity contribution >= 4 is 24.1 Å². The van der Waals surface area contributed by atoms with Crippen LogP contribution in [0.15, 0.2) is 24.6 Å². The maximum atomic E-state index is 14.4. The van der Waals surface area contributed by atoms with Crippen LogP contribution in [0.3, 0.4) is 0 Å². The summed E-state index contributed by atoms with van der Waals surface area (Å²) in [5, 5.41) is 0. The van der Waals surface area contributed by atoms with Crippen molar-refractivity contribution in [2.24, 2.45) is 5.92 Å². The number of aromatic nitrogens is 4. The van der Waals surface area contributed by atoms with E-state index in [0.29, 0.717) is 23.2 Å². The topological polar surface area (TPSA) is 105 Å². The molecule has 4 atom stereocenters. The summed E-state index contributed by atoms with van der Waals surface area (Å²) in [6.07, 6.45) is 3.52. The maximum Gasteiger partial charge on any atom is 0.192 e. The number of nitrogen functional groups attached to an aromatic ring is 1. The van der Waals surface area contributed by atoms with E-state index in [1.807, 2.05) is 0 Å². The second-order valence-electron chi connectivity index (χ2n) is 6.78. The Morgan fingerprint density at radius 2 is 2.23 bits per heavy atom. The van der Waals surface area contributed by atoms with Crippen molar-refractivity contribution in [2.45, 2.75) is 32.8 Å². The summed E-state index contributed by atoms with van der Waals surface area (Å²) in [6, 6.07) is 0. The second-order valence-corrected chi connectivity index (χ2v) is 10.00. The summed E-state index contributed by atoms with van der Waals surface area (Å²) in [5.74, 6) is 0.0293. The fourth-order valence-electron chi connectivity index (χ4n) is 2.84. The quantitative estimate of drug-likeness (QED) is 0.732. The molecule has 8 nitrogen and oxygen atoms in total. The highest BCUT2D eigenvalue weighted by molar-refractivity contribution is 7.62. The Morgan fingerprint density at radius 3 is 2.96 bits per heavy atom. The lowest BCUT2D eigenvalue weighted by Crippen LogP contribution is -2.17. The average Bonchev–Trinajstić information content (AvgIpc) is 3.16. The minimum atomic E-state index is -2.47. The summed E-state index contributed by atoms with van der Waals surface area (Å²) in [4.78, 5) is 12.0. The average molecular weight is 383 g/mol. The number of rotatable bonds is 7. The van der Waals surface area contributed by atoms with Gasteiger partial charge in [-0.1, -0.05) is 20.3 Å². The number of ether oxygens (including phenoxy) is 2. The zero-order chi connectivity index (χ0) is 18.9. The molecule has 0 aromatic carbocycles. The van der Waals surface area contributed by atoms with Crippen molar-refractivity contribution in [1.82, 2.24) is 19.5 Å². The van der Waals surface area contributed by atoms with Crippen molar-refractivity contribution < 1.29 is 18.4 Å². The van der Waals surface area contributed by atoms with Gasteiger partial charge in [-0.25, -0.2) is 19.3 Å². The van der Waals surface area contributed by atoms with Crippen molar-refractivity contribution in [1.29, 1.82) is 0 Å². The third-order valence-electron chi connectivity index (χ3n) is 4.34. The largest absolute Gasteiger partial charge is 0.382 e. The van der Waals surface area contributed by atoms with Crippen LogP contribution in [0.5, 0.6) is 0 Å².